The number of benzene rings is 2. The van der Waals surface area contributed by atoms with Crippen LogP contribution in [0.3, 0.4) is 0 Å². The molecule has 0 spiro atoms. The smallest absolute Gasteiger partial charge is 1.00 e. The summed E-state index contributed by atoms with van der Waals surface area (Å²) >= 11 is -0.874. The third-order valence-corrected chi connectivity index (χ3v) is 12.9. The van der Waals surface area contributed by atoms with Crippen molar-refractivity contribution in [2.75, 3.05) is 0 Å². The molecule has 1 nitrogen and oxygen atoms in total. The van der Waals surface area contributed by atoms with Gasteiger partial charge in [0.15, 0.2) is 0 Å². The summed E-state index contributed by atoms with van der Waals surface area (Å²) in [5.74, 6) is 0.630. The molecule has 0 aliphatic heterocycles. The van der Waals surface area contributed by atoms with E-state index in [2.05, 4.69) is 82.4 Å². The monoisotopic (exact) mass is 524 g/mol. The number of allylic oxidation sites excluding steroid dienone is 1. The zero-order valence-corrected chi connectivity index (χ0v) is 23.3. The molecular weight excluding hydrogens is 494 g/mol. The van der Waals surface area contributed by atoms with E-state index in [-0.39, 0.29) is 24.8 Å². The standard InChI is InChI=1S/C22H25.C2H7OSi.2ClH.Zr/c1-4-7-17-14-20-8-6-9-21(22(20)15-17)19-12-10-18(11-13-19)16(3)5-2;1-4(2)3;;;/h6,8-16H,4-5,7H2,1-3H3;4H,1-2H3;2*1H;/q;-1;;;+3/p-2. The predicted molar refractivity (Wildman–Crippen MR) is 116 cm³/mol. The van der Waals surface area contributed by atoms with Crippen LogP contribution in [0.5, 0.6) is 0 Å². The summed E-state index contributed by atoms with van der Waals surface area (Å²) in [6.07, 6.45) is 6.10. The van der Waals surface area contributed by atoms with Gasteiger partial charge >= 0.3 is 180 Å². The van der Waals surface area contributed by atoms with E-state index in [4.69, 9.17) is 2.50 Å². The van der Waals surface area contributed by atoms with Crippen molar-refractivity contribution in [1.29, 1.82) is 0 Å². The molecule has 0 saturated heterocycles. The SMILES string of the molecule is CCCC1=Cc2c(-c3ccc(C(C)CC)cc3)cccc2[CH]1[Zr+2][O][SiH](C)C.[Cl-].[Cl-]. The Labute approximate surface area is 203 Å². The van der Waals surface area contributed by atoms with Crippen LogP contribution in [0.25, 0.3) is 17.2 Å². The summed E-state index contributed by atoms with van der Waals surface area (Å²) in [6, 6.07) is 16.2. The maximum absolute atomic E-state index is 6.33. The summed E-state index contributed by atoms with van der Waals surface area (Å²) < 4.78 is 6.94. The average molecular weight is 527 g/mol. The fraction of sp³-hybridized carbons (Fsp3) is 0.417. The third kappa shape index (κ3) is 6.40. The minimum absolute atomic E-state index is 0. The fourth-order valence-electron chi connectivity index (χ4n) is 3.79. The molecule has 2 unspecified atom stereocenters. The summed E-state index contributed by atoms with van der Waals surface area (Å²) in [5, 5.41) is 0. The average Bonchev–Trinajstić information content (AvgIpc) is 3.03. The second kappa shape index (κ2) is 12.6. The number of rotatable bonds is 8. The van der Waals surface area contributed by atoms with E-state index < -0.39 is 32.7 Å². The van der Waals surface area contributed by atoms with Crippen LogP contribution in [-0.2, 0) is 26.2 Å². The quantitative estimate of drug-likeness (QED) is 0.469. The van der Waals surface area contributed by atoms with Gasteiger partial charge in [0.25, 0.3) is 0 Å². The zero-order valence-electron chi connectivity index (χ0n) is 18.1. The van der Waals surface area contributed by atoms with Gasteiger partial charge in [-0.05, 0) is 0 Å². The van der Waals surface area contributed by atoms with E-state index in [1.807, 2.05) is 0 Å². The van der Waals surface area contributed by atoms with Crippen LogP contribution >= 0.6 is 0 Å². The third-order valence-electron chi connectivity index (χ3n) is 5.51. The van der Waals surface area contributed by atoms with Crippen LogP contribution in [0.1, 0.15) is 66.3 Å². The van der Waals surface area contributed by atoms with Gasteiger partial charge in [-0.2, -0.15) is 0 Å². The molecular formula is C24H32Cl2OSiZr. The van der Waals surface area contributed by atoms with E-state index in [1.165, 1.54) is 47.1 Å². The van der Waals surface area contributed by atoms with Crippen molar-refractivity contribution in [2.45, 2.75) is 62.7 Å². The molecule has 2 atom stereocenters. The predicted octanol–water partition coefficient (Wildman–Crippen LogP) is 1.11. The Morgan fingerprint density at radius 2 is 1.72 bits per heavy atom. The Morgan fingerprint density at radius 1 is 1.03 bits per heavy atom. The van der Waals surface area contributed by atoms with Crippen molar-refractivity contribution in [3.05, 3.63) is 64.7 Å². The molecule has 0 saturated carbocycles. The topological polar surface area (TPSA) is 9.23 Å². The number of halogens is 2. The van der Waals surface area contributed by atoms with Crippen molar-refractivity contribution in [1.82, 2.24) is 0 Å². The minimum atomic E-state index is -0.931. The molecule has 0 bridgehead atoms. The second-order valence-corrected chi connectivity index (χ2v) is 14.0. The Bertz CT molecular complexity index is 805. The molecule has 1 aliphatic carbocycles. The maximum atomic E-state index is 6.33. The molecule has 5 heteroatoms. The summed E-state index contributed by atoms with van der Waals surface area (Å²) in [4.78, 5) is 0. The van der Waals surface area contributed by atoms with Gasteiger partial charge in [-0.1, -0.05) is 0 Å². The van der Waals surface area contributed by atoms with Gasteiger partial charge in [-0.15, -0.1) is 0 Å². The van der Waals surface area contributed by atoms with Crippen LogP contribution in [0.15, 0.2) is 48.0 Å². The van der Waals surface area contributed by atoms with E-state index in [0.717, 1.165) is 0 Å². The van der Waals surface area contributed by atoms with Crippen LogP contribution in [-0.4, -0.2) is 9.04 Å². The molecule has 0 N–H and O–H groups in total. The van der Waals surface area contributed by atoms with Crippen LogP contribution in [0.2, 0.25) is 13.1 Å². The molecule has 0 fully saturated rings. The van der Waals surface area contributed by atoms with Gasteiger partial charge in [-0.3, -0.25) is 0 Å². The molecule has 0 aromatic heterocycles. The molecule has 0 heterocycles. The Hall–Kier alpha value is -0.180. The first-order chi connectivity index (χ1) is 13.0. The number of hydrogen-bond donors (Lipinski definition) is 0. The van der Waals surface area contributed by atoms with Crippen molar-refractivity contribution in [3.63, 3.8) is 0 Å². The van der Waals surface area contributed by atoms with E-state index in [0.29, 0.717) is 9.54 Å². The Balaban J connectivity index is 0.00000210. The van der Waals surface area contributed by atoms with Gasteiger partial charge in [0.05, 0.1) is 0 Å². The first-order valence-corrected chi connectivity index (χ1v) is 15.6. The summed E-state index contributed by atoms with van der Waals surface area (Å²) in [7, 11) is -0.931. The number of fused-ring (bicyclic) bond motifs is 1. The number of hydrogen-bond acceptors (Lipinski definition) is 1. The largest absolute Gasteiger partial charge is 1.00 e. The summed E-state index contributed by atoms with van der Waals surface area (Å²) in [5.41, 5.74) is 8.78. The van der Waals surface area contributed by atoms with E-state index in [9.17, 15) is 0 Å². The normalized spacial score (nSPS) is 15.7. The fourth-order valence-corrected chi connectivity index (χ4v) is 9.07. The minimum Gasteiger partial charge on any atom is -1.00 e. The van der Waals surface area contributed by atoms with Gasteiger partial charge in [0.2, 0.25) is 0 Å². The Morgan fingerprint density at radius 3 is 2.31 bits per heavy atom. The molecule has 29 heavy (non-hydrogen) atoms. The second-order valence-electron chi connectivity index (χ2n) is 7.93. The molecule has 3 rings (SSSR count). The summed E-state index contributed by atoms with van der Waals surface area (Å²) in [6.45, 7) is 11.5. The Kier molecular flexibility index (Phi) is 11.7. The van der Waals surface area contributed by atoms with Crippen molar-refractivity contribution >= 4 is 15.1 Å². The van der Waals surface area contributed by atoms with Gasteiger partial charge in [0, 0.05) is 0 Å². The maximum Gasteiger partial charge on any atom is -1.00 e. The zero-order chi connectivity index (χ0) is 19.4. The van der Waals surface area contributed by atoms with E-state index in [1.54, 1.807) is 5.57 Å². The first kappa shape index (κ1) is 26.9. The van der Waals surface area contributed by atoms with Gasteiger partial charge in [-0.25, -0.2) is 0 Å². The van der Waals surface area contributed by atoms with Gasteiger partial charge in [0.1, 0.15) is 0 Å². The molecule has 2 aromatic carbocycles. The van der Waals surface area contributed by atoms with Crippen molar-refractivity contribution in [3.8, 4) is 11.1 Å². The van der Waals surface area contributed by atoms with Crippen LogP contribution in [0.4, 0.5) is 0 Å². The van der Waals surface area contributed by atoms with Crippen molar-refractivity contribution in [2.24, 2.45) is 0 Å². The molecule has 0 amide bonds. The van der Waals surface area contributed by atoms with Crippen molar-refractivity contribution < 1.29 is 51.0 Å². The van der Waals surface area contributed by atoms with Crippen LogP contribution < -0.4 is 24.8 Å². The van der Waals surface area contributed by atoms with Crippen LogP contribution in [0, 0.1) is 0 Å². The van der Waals surface area contributed by atoms with E-state index >= 15 is 0 Å². The molecule has 2 aromatic rings. The first-order valence-electron chi connectivity index (χ1n) is 10.4. The molecule has 0 radical (unpaired) electrons. The molecule has 1 aliphatic rings. The molecule has 156 valence electrons. The van der Waals surface area contributed by atoms with Gasteiger partial charge < -0.3 is 24.8 Å².